The van der Waals surface area contributed by atoms with E-state index in [0.29, 0.717) is 12.1 Å². The number of amides is 1. The van der Waals surface area contributed by atoms with Crippen LogP contribution < -0.4 is 16.0 Å². The third-order valence-electron chi connectivity index (χ3n) is 8.71. The minimum atomic E-state index is -2.70. The quantitative estimate of drug-likeness (QED) is 0.173. The Kier molecular flexibility index (Phi) is 8.00. The molecule has 3 aliphatic carbocycles. The highest BCUT2D eigenvalue weighted by atomic mass is 16.3. The van der Waals surface area contributed by atoms with E-state index in [4.69, 9.17) is 5.73 Å². The predicted molar refractivity (Wildman–Crippen MR) is 154 cm³/mol. The highest BCUT2D eigenvalue weighted by Gasteiger charge is 2.67. The Morgan fingerprint density at radius 2 is 1.76 bits per heavy atom. The fourth-order valence-corrected chi connectivity index (χ4v) is 6.90. The van der Waals surface area contributed by atoms with Crippen molar-refractivity contribution < 1.29 is 34.8 Å². The molecular formula is C29H41N5O7. The number of hydrogen-bond acceptors (Lipinski definition) is 11. The van der Waals surface area contributed by atoms with Gasteiger partial charge in [0.25, 0.3) is 5.91 Å². The zero-order valence-electron chi connectivity index (χ0n) is 24.5. The number of nitrogens with zero attached hydrogens (tertiary/aromatic N) is 3. The van der Waals surface area contributed by atoms with E-state index in [1.54, 1.807) is 20.2 Å². The van der Waals surface area contributed by atoms with Crippen LogP contribution in [-0.2, 0) is 20.8 Å². The summed E-state index contributed by atoms with van der Waals surface area (Å²) in [5.74, 6) is -6.10. The molecule has 3 aliphatic rings. The smallest absolute Gasteiger partial charge is 0.255 e. The van der Waals surface area contributed by atoms with Crippen molar-refractivity contribution in [3.63, 3.8) is 0 Å². The van der Waals surface area contributed by atoms with Crippen LogP contribution in [0.5, 0.6) is 5.75 Å². The summed E-state index contributed by atoms with van der Waals surface area (Å²) < 4.78 is 0. The lowest BCUT2D eigenvalue weighted by Crippen LogP contribution is -2.68. The number of aliphatic hydroxyl groups excluding tert-OH is 2. The van der Waals surface area contributed by atoms with Crippen LogP contribution in [0.4, 0.5) is 5.69 Å². The summed E-state index contributed by atoms with van der Waals surface area (Å²) in [4.78, 5) is 45.6. The van der Waals surface area contributed by atoms with Crippen LogP contribution in [0.2, 0.25) is 0 Å². The van der Waals surface area contributed by atoms with Crippen molar-refractivity contribution in [2.75, 3.05) is 66.8 Å². The number of anilines is 1. The first-order valence-electron chi connectivity index (χ1n) is 13.6. The number of phenolic OH excluding ortho intramolecular Hbond substituents is 1. The summed E-state index contributed by atoms with van der Waals surface area (Å²) in [6, 6.07) is 1.99. The summed E-state index contributed by atoms with van der Waals surface area (Å²) in [6.07, 6.45) is 1.01. The molecule has 0 heterocycles. The summed E-state index contributed by atoms with van der Waals surface area (Å²) in [5, 5.41) is 49.1. The number of fused-ring (bicyclic) bond motifs is 3. The van der Waals surface area contributed by atoms with E-state index < -0.39 is 57.5 Å². The van der Waals surface area contributed by atoms with Gasteiger partial charge < -0.3 is 41.3 Å². The van der Waals surface area contributed by atoms with Crippen LogP contribution >= 0.6 is 0 Å². The summed E-state index contributed by atoms with van der Waals surface area (Å²) in [5.41, 5.74) is 2.02. The zero-order chi connectivity index (χ0) is 30.6. The maximum absolute atomic E-state index is 14.4. The molecule has 224 valence electrons. The van der Waals surface area contributed by atoms with Gasteiger partial charge in [0, 0.05) is 43.2 Å². The minimum Gasteiger partial charge on any atom is -0.508 e. The SMILES string of the molecule is CN(C)CCCNC[C@@]12Cc3c(N(C)C)ccc(O)c3C(O)=C1C(=O)[C@]1(O)C(O)=C(C(N)=O)C(=O)[C@@H](N(C)C)[C@@H]1C2. The topological polar surface area (TPSA) is 180 Å². The molecule has 0 aliphatic heterocycles. The van der Waals surface area contributed by atoms with Gasteiger partial charge in [-0.05, 0) is 78.2 Å². The molecule has 0 bridgehead atoms. The van der Waals surface area contributed by atoms with Gasteiger partial charge in [0.1, 0.15) is 22.8 Å². The van der Waals surface area contributed by atoms with Crippen molar-refractivity contribution in [3.05, 3.63) is 40.2 Å². The Morgan fingerprint density at radius 3 is 2.32 bits per heavy atom. The molecule has 1 aromatic carbocycles. The third kappa shape index (κ3) is 4.68. The zero-order valence-corrected chi connectivity index (χ0v) is 24.5. The van der Waals surface area contributed by atoms with E-state index in [1.165, 1.54) is 11.0 Å². The number of Topliss-reactive ketones (excluding diaryl/α,β-unsaturated/α-hetero) is 2. The van der Waals surface area contributed by atoms with Gasteiger partial charge in [-0.25, -0.2) is 0 Å². The number of ketones is 2. The largest absolute Gasteiger partial charge is 0.508 e. The molecular weight excluding hydrogens is 530 g/mol. The number of primary amides is 1. The molecule has 1 saturated carbocycles. The molecule has 0 saturated heterocycles. The summed E-state index contributed by atoms with van der Waals surface area (Å²) in [6.45, 7) is 1.63. The van der Waals surface area contributed by atoms with Gasteiger partial charge in [-0.15, -0.1) is 0 Å². The highest BCUT2D eigenvalue weighted by molar-refractivity contribution is 6.24. The van der Waals surface area contributed by atoms with Gasteiger partial charge in [-0.1, -0.05) is 0 Å². The van der Waals surface area contributed by atoms with Crippen molar-refractivity contribution >= 4 is 28.9 Å². The molecule has 0 spiro atoms. The Bertz CT molecular complexity index is 1350. The Hall–Kier alpha value is -3.45. The second-order valence-corrected chi connectivity index (χ2v) is 12.1. The van der Waals surface area contributed by atoms with Gasteiger partial charge in [0.15, 0.2) is 11.4 Å². The first kappa shape index (κ1) is 30.5. The average molecular weight is 572 g/mol. The van der Waals surface area contributed by atoms with Crippen LogP contribution in [0.25, 0.3) is 5.76 Å². The molecule has 1 fully saturated rings. The monoisotopic (exact) mass is 571 g/mol. The highest BCUT2D eigenvalue weighted by Crippen LogP contribution is 2.58. The number of benzene rings is 1. The fourth-order valence-electron chi connectivity index (χ4n) is 6.90. The van der Waals surface area contributed by atoms with Gasteiger partial charge >= 0.3 is 0 Å². The number of phenols is 1. The predicted octanol–water partition coefficient (Wildman–Crippen LogP) is -0.0585. The standard InChI is InChI=1S/C29H41N5O7/c1-32(2)11-7-10-31-14-28-12-15-17(33(3)4)8-9-18(35)19(15)23(36)21(28)26(39)29(41)16(13-28)22(34(5)6)24(37)20(25(29)38)27(30)40/h8-9,16,22,31,35-36,38,41H,7,10-14H2,1-6H3,(H2,30,40)/t16-,22-,28-,29+/m0/s1. The van der Waals surface area contributed by atoms with E-state index in [2.05, 4.69) is 5.32 Å². The first-order valence-corrected chi connectivity index (χ1v) is 13.6. The van der Waals surface area contributed by atoms with Crippen molar-refractivity contribution in [2.24, 2.45) is 17.1 Å². The number of nitrogens with two attached hydrogens (primary N) is 1. The molecule has 0 aromatic heterocycles. The van der Waals surface area contributed by atoms with Crippen LogP contribution in [0.15, 0.2) is 29.0 Å². The Labute approximate surface area is 239 Å². The number of rotatable bonds is 9. The van der Waals surface area contributed by atoms with E-state index in [9.17, 15) is 34.8 Å². The lowest BCUT2D eigenvalue weighted by molar-refractivity contribution is -0.157. The van der Waals surface area contributed by atoms with Gasteiger partial charge in [-0.2, -0.15) is 0 Å². The van der Waals surface area contributed by atoms with E-state index in [1.807, 2.05) is 38.0 Å². The number of aromatic hydroxyl groups is 1. The normalized spacial score (nSPS) is 27.7. The average Bonchev–Trinajstić information content (AvgIpc) is 2.85. The molecule has 1 aromatic rings. The maximum atomic E-state index is 14.4. The molecule has 4 atom stereocenters. The van der Waals surface area contributed by atoms with Crippen molar-refractivity contribution in [2.45, 2.75) is 30.9 Å². The molecule has 41 heavy (non-hydrogen) atoms. The minimum absolute atomic E-state index is 0.00195. The molecule has 4 rings (SSSR count). The van der Waals surface area contributed by atoms with Crippen LogP contribution in [0, 0.1) is 11.3 Å². The lowest BCUT2D eigenvalue weighted by Gasteiger charge is -2.55. The van der Waals surface area contributed by atoms with Crippen LogP contribution in [0.3, 0.4) is 0 Å². The first-order chi connectivity index (χ1) is 19.1. The fraction of sp³-hybridized carbons (Fsp3) is 0.552. The van der Waals surface area contributed by atoms with Crippen LogP contribution in [-0.4, -0.2) is 121 Å². The number of hydrogen-bond donors (Lipinski definition) is 6. The van der Waals surface area contributed by atoms with Gasteiger partial charge in [0.05, 0.1) is 11.6 Å². The number of carbonyl (C=O) groups is 3. The second kappa shape index (κ2) is 10.8. The van der Waals surface area contributed by atoms with E-state index in [-0.39, 0.29) is 36.3 Å². The van der Waals surface area contributed by atoms with Crippen molar-refractivity contribution in [1.82, 2.24) is 15.1 Å². The Morgan fingerprint density at radius 1 is 1.10 bits per heavy atom. The van der Waals surface area contributed by atoms with Gasteiger partial charge in [0.2, 0.25) is 5.78 Å². The molecule has 7 N–H and O–H groups in total. The lowest BCUT2D eigenvalue weighted by atomic mass is 9.51. The van der Waals surface area contributed by atoms with E-state index >= 15 is 0 Å². The van der Waals surface area contributed by atoms with Crippen LogP contribution in [0.1, 0.15) is 24.0 Å². The summed E-state index contributed by atoms with van der Waals surface area (Å²) >= 11 is 0. The summed E-state index contributed by atoms with van der Waals surface area (Å²) in [7, 11) is 10.8. The molecule has 12 nitrogen and oxygen atoms in total. The van der Waals surface area contributed by atoms with E-state index in [0.717, 1.165) is 18.7 Å². The second-order valence-electron chi connectivity index (χ2n) is 12.1. The number of likely N-dealkylation sites (N-methyl/N-ethyl adjacent to an activating group) is 1. The molecule has 1 amide bonds. The number of nitrogens with one attached hydrogen (secondary N) is 1. The van der Waals surface area contributed by atoms with Crippen molar-refractivity contribution in [1.29, 1.82) is 0 Å². The number of carbonyl (C=O) groups excluding carboxylic acids is 3. The molecule has 12 heteroatoms. The molecule has 0 unspecified atom stereocenters. The number of aliphatic hydroxyl groups is 3. The Balaban J connectivity index is 1.97. The van der Waals surface area contributed by atoms with Gasteiger partial charge in [-0.3, -0.25) is 19.3 Å². The van der Waals surface area contributed by atoms with Crippen molar-refractivity contribution in [3.8, 4) is 5.75 Å². The maximum Gasteiger partial charge on any atom is 0.255 e. The third-order valence-corrected chi connectivity index (χ3v) is 8.71. The molecule has 0 radical (unpaired) electrons.